The first-order valence-corrected chi connectivity index (χ1v) is 14.0. The van der Waals surface area contributed by atoms with Crippen LogP contribution in [0.1, 0.15) is 16.7 Å². The van der Waals surface area contributed by atoms with Crippen LogP contribution in [-0.4, -0.2) is 29.9 Å². The molecule has 196 valence electrons. The number of nitrogens with zero attached hydrogens (tertiary/aromatic N) is 1. The van der Waals surface area contributed by atoms with Crippen molar-refractivity contribution in [2.45, 2.75) is 13.8 Å². The first kappa shape index (κ1) is 28.4. The minimum atomic E-state index is -0.299. The summed E-state index contributed by atoms with van der Waals surface area (Å²) in [7, 11) is 1.50. The van der Waals surface area contributed by atoms with Crippen LogP contribution in [0.25, 0.3) is 6.08 Å². The molecule has 4 rings (SSSR count). The van der Waals surface area contributed by atoms with Crippen LogP contribution in [0, 0.1) is 13.8 Å². The second-order valence-electron chi connectivity index (χ2n) is 8.21. The number of rotatable bonds is 7. The zero-order valence-corrected chi connectivity index (χ0v) is 25.2. The molecule has 3 aromatic carbocycles. The Bertz CT molecular complexity index is 1500. The number of halogens is 3. The summed E-state index contributed by atoms with van der Waals surface area (Å²) in [5.74, 6) is 0.244. The minimum absolute atomic E-state index is 0.202. The van der Waals surface area contributed by atoms with Crippen molar-refractivity contribution >= 4 is 96.7 Å². The molecule has 3 aromatic rings. The molecule has 6 nitrogen and oxygen atoms in total. The van der Waals surface area contributed by atoms with E-state index < -0.39 is 0 Å². The second kappa shape index (κ2) is 12.1. The van der Waals surface area contributed by atoms with E-state index in [0.717, 1.165) is 21.3 Å². The van der Waals surface area contributed by atoms with E-state index in [2.05, 4.69) is 21.2 Å². The molecule has 1 fully saturated rings. The lowest BCUT2D eigenvalue weighted by Crippen LogP contribution is -2.27. The van der Waals surface area contributed by atoms with E-state index in [1.807, 2.05) is 26.0 Å². The predicted molar refractivity (Wildman–Crippen MR) is 163 cm³/mol. The lowest BCUT2D eigenvalue weighted by molar-refractivity contribution is -0.118. The smallest absolute Gasteiger partial charge is 0.270 e. The first-order valence-electron chi connectivity index (χ1n) is 11.2. The molecule has 1 N–H and O–H groups in total. The van der Waals surface area contributed by atoms with Gasteiger partial charge < -0.3 is 14.8 Å². The Morgan fingerprint density at radius 1 is 1.08 bits per heavy atom. The fourth-order valence-corrected chi connectivity index (χ4v) is 5.63. The molecule has 0 radical (unpaired) electrons. The molecule has 0 unspecified atom stereocenters. The van der Waals surface area contributed by atoms with Gasteiger partial charge in [0, 0.05) is 10.2 Å². The summed E-state index contributed by atoms with van der Waals surface area (Å²) >= 11 is 22.2. The lowest BCUT2D eigenvalue weighted by atomic mass is 10.1. The molecule has 11 heteroatoms. The van der Waals surface area contributed by atoms with Crippen LogP contribution in [0.2, 0.25) is 10.0 Å². The highest BCUT2D eigenvalue weighted by atomic mass is 79.9. The van der Waals surface area contributed by atoms with Crippen LogP contribution in [0.3, 0.4) is 0 Å². The molecular formula is C27H21BrCl2N2O4S2. The Morgan fingerprint density at radius 2 is 1.84 bits per heavy atom. The first-order chi connectivity index (χ1) is 18.1. The molecule has 0 aliphatic carbocycles. The highest BCUT2D eigenvalue weighted by Gasteiger charge is 2.33. The van der Waals surface area contributed by atoms with E-state index in [9.17, 15) is 9.59 Å². The van der Waals surface area contributed by atoms with E-state index >= 15 is 0 Å². The van der Waals surface area contributed by atoms with Gasteiger partial charge >= 0.3 is 0 Å². The number of hydrogen-bond donors (Lipinski definition) is 1. The molecule has 0 aromatic heterocycles. The molecule has 0 bridgehead atoms. The second-order valence-corrected chi connectivity index (χ2v) is 11.6. The van der Waals surface area contributed by atoms with Crippen LogP contribution in [-0.2, 0) is 9.59 Å². The zero-order valence-electron chi connectivity index (χ0n) is 20.4. The number of benzene rings is 3. The lowest BCUT2D eigenvalue weighted by Gasteiger charge is -2.15. The fraction of sp³-hybridized carbons (Fsp3) is 0.148. The average Bonchev–Trinajstić information content (AvgIpc) is 3.17. The quantitative estimate of drug-likeness (QED) is 0.208. The van der Waals surface area contributed by atoms with Crippen molar-refractivity contribution in [3.63, 3.8) is 0 Å². The average molecular weight is 652 g/mol. The summed E-state index contributed by atoms with van der Waals surface area (Å²) in [6, 6.07) is 13.8. The van der Waals surface area contributed by atoms with E-state index in [-0.39, 0.29) is 18.4 Å². The Hall–Kier alpha value is -2.56. The Labute approximate surface area is 248 Å². The van der Waals surface area contributed by atoms with Crippen LogP contribution in [0.5, 0.6) is 11.5 Å². The number of hydrogen-bond acceptors (Lipinski definition) is 6. The van der Waals surface area contributed by atoms with Crippen LogP contribution in [0.15, 0.2) is 57.9 Å². The predicted octanol–water partition coefficient (Wildman–Crippen LogP) is 7.80. The maximum absolute atomic E-state index is 13.1. The summed E-state index contributed by atoms with van der Waals surface area (Å²) in [5.41, 5.74) is 3.99. The maximum Gasteiger partial charge on any atom is 0.270 e. The maximum atomic E-state index is 13.1. The minimum Gasteiger partial charge on any atom is -0.493 e. The normalized spacial score (nSPS) is 14.3. The number of carbonyl (C=O) groups is 2. The number of anilines is 2. The van der Waals surface area contributed by atoms with E-state index in [1.165, 1.54) is 23.8 Å². The third-order valence-electron chi connectivity index (χ3n) is 5.79. The van der Waals surface area contributed by atoms with Gasteiger partial charge in [0.1, 0.15) is 0 Å². The standard InChI is InChI=1S/C27H21BrCl2N2O4S2/c1-14-15(2)21(8-6-18(14)28)31-25(33)13-36-22-9-4-16(10-23(22)35-3)11-24-26(34)32(27(37)38-24)17-5-7-19(29)20(30)12-17/h4-12H,13H2,1-3H3,(H,31,33)/b24-11-. The Kier molecular flexibility index (Phi) is 9.05. The molecule has 38 heavy (non-hydrogen) atoms. The number of thioether (sulfide) groups is 1. The summed E-state index contributed by atoms with van der Waals surface area (Å²) < 4.78 is 12.5. The van der Waals surface area contributed by atoms with Crippen LogP contribution >= 0.6 is 63.1 Å². The van der Waals surface area contributed by atoms with Gasteiger partial charge in [-0.25, -0.2) is 0 Å². The molecule has 1 saturated heterocycles. The topological polar surface area (TPSA) is 67.9 Å². The molecule has 0 spiro atoms. The van der Waals surface area contributed by atoms with E-state index in [0.29, 0.717) is 42.0 Å². The number of methoxy groups -OCH3 is 1. The Morgan fingerprint density at radius 3 is 2.55 bits per heavy atom. The van der Waals surface area contributed by atoms with Crippen molar-refractivity contribution < 1.29 is 19.1 Å². The molecule has 1 heterocycles. The van der Waals surface area contributed by atoms with Gasteiger partial charge in [0.25, 0.3) is 11.8 Å². The molecule has 0 saturated carbocycles. The van der Waals surface area contributed by atoms with Gasteiger partial charge in [-0.1, -0.05) is 69.2 Å². The highest BCUT2D eigenvalue weighted by molar-refractivity contribution is 9.10. The molecule has 1 aliphatic heterocycles. The van der Waals surface area contributed by atoms with Crippen molar-refractivity contribution in [2.75, 3.05) is 23.9 Å². The van der Waals surface area contributed by atoms with Gasteiger partial charge in [-0.3, -0.25) is 14.5 Å². The number of amides is 2. The summed E-state index contributed by atoms with van der Waals surface area (Å²) in [4.78, 5) is 27.5. The third kappa shape index (κ3) is 6.18. The summed E-state index contributed by atoms with van der Waals surface area (Å²) in [5, 5.41) is 3.59. The fourth-order valence-electron chi connectivity index (χ4n) is 3.61. The van der Waals surface area contributed by atoms with Crippen molar-refractivity contribution in [3.05, 3.63) is 84.6 Å². The van der Waals surface area contributed by atoms with Gasteiger partial charge in [0.15, 0.2) is 22.4 Å². The monoisotopic (exact) mass is 650 g/mol. The van der Waals surface area contributed by atoms with Gasteiger partial charge in [0.2, 0.25) is 0 Å². The van der Waals surface area contributed by atoms with Gasteiger partial charge in [-0.05, 0) is 79.1 Å². The Balaban J connectivity index is 1.46. The van der Waals surface area contributed by atoms with E-state index in [4.69, 9.17) is 44.9 Å². The number of ether oxygens (including phenoxy) is 2. The van der Waals surface area contributed by atoms with Gasteiger partial charge in [-0.15, -0.1) is 0 Å². The number of thiocarbonyl (C=S) groups is 1. The number of carbonyl (C=O) groups excluding carboxylic acids is 2. The van der Waals surface area contributed by atoms with Crippen molar-refractivity contribution in [1.82, 2.24) is 0 Å². The largest absolute Gasteiger partial charge is 0.493 e. The third-order valence-corrected chi connectivity index (χ3v) is 8.69. The molecular weight excluding hydrogens is 631 g/mol. The van der Waals surface area contributed by atoms with Crippen molar-refractivity contribution in [2.24, 2.45) is 0 Å². The van der Waals surface area contributed by atoms with Gasteiger partial charge in [0.05, 0.1) is 27.7 Å². The van der Waals surface area contributed by atoms with Crippen molar-refractivity contribution in [3.8, 4) is 11.5 Å². The summed E-state index contributed by atoms with van der Waals surface area (Å²) in [6.07, 6.45) is 1.72. The SMILES string of the molecule is COc1cc(/C=C2\SC(=S)N(c3ccc(Cl)c(Cl)c3)C2=O)ccc1OCC(=O)Nc1ccc(Br)c(C)c1C. The summed E-state index contributed by atoms with van der Waals surface area (Å²) in [6.45, 7) is 3.71. The number of nitrogens with one attached hydrogen (secondary N) is 1. The zero-order chi connectivity index (χ0) is 27.6. The highest BCUT2D eigenvalue weighted by Crippen LogP contribution is 2.39. The van der Waals surface area contributed by atoms with E-state index in [1.54, 1.807) is 42.5 Å². The molecule has 2 amide bonds. The molecule has 1 aliphatic rings. The molecule has 0 atom stereocenters. The van der Waals surface area contributed by atoms with Crippen molar-refractivity contribution in [1.29, 1.82) is 0 Å². The van der Waals surface area contributed by atoms with Gasteiger partial charge in [-0.2, -0.15) is 0 Å². The van der Waals surface area contributed by atoms with Crippen LogP contribution in [0.4, 0.5) is 11.4 Å². The van der Waals surface area contributed by atoms with Crippen LogP contribution < -0.4 is 19.7 Å².